The molecular weight excluding hydrogens is 304 g/mol. The fraction of sp³-hybridized carbons (Fsp3) is 0.167. The summed E-state index contributed by atoms with van der Waals surface area (Å²) >= 11 is 0. The summed E-state index contributed by atoms with van der Waals surface area (Å²) in [5, 5.41) is 15.2. The van der Waals surface area contributed by atoms with Gasteiger partial charge in [0.05, 0.1) is 6.54 Å². The first-order chi connectivity index (χ1) is 11.6. The fourth-order valence-corrected chi connectivity index (χ4v) is 2.42. The average molecular weight is 322 g/mol. The lowest BCUT2D eigenvalue weighted by Crippen LogP contribution is -2.43. The van der Waals surface area contributed by atoms with Gasteiger partial charge in [0.1, 0.15) is 7.05 Å². The molecule has 0 saturated carbocycles. The summed E-state index contributed by atoms with van der Waals surface area (Å²) in [5.74, 6) is -0.534. The van der Waals surface area contributed by atoms with E-state index in [-0.39, 0.29) is 12.2 Å². The zero-order valence-electron chi connectivity index (χ0n) is 13.6. The molecule has 122 valence electrons. The summed E-state index contributed by atoms with van der Waals surface area (Å²) in [4.78, 5) is 16.6. The minimum atomic E-state index is -0.534. The van der Waals surface area contributed by atoms with Crippen LogP contribution in [-0.4, -0.2) is 15.8 Å². The van der Waals surface area contributed by atoms with E-state index in [1.165, 1.54) is 9.36 Å². The Morgan fingerprint density at radius 2 is 1.83 bits per heavy atom. The molecule has 24 heavy (non-hydrogen) atoms. The SMILES string of the molecule is Cc1ccc(-n2[nH][n+](C)c(C([O-])=NCc3ccccc3)c2=O)cc1. The van der Waals surface area contributed by atoms with Gasteiger partial charge in [-0.3, -0.25) is 4.99 Å². The molecule has 6 heteroatoms. The molecule has 3 aromatic rings. The van der Waals surface area contributed by atoms with Crippen LogP contribution < -0.4 is 15.3 Å². The zero-order valence-corrected chi connectivity index (χ0v) is 13.6. The van der Waals surface area contributed by atoms with Crippen molar-refractivity contribution in [3.05, 3.63) is 81.8 Å². The Labute approximate surface area is 139 Å². The molecule has 2 aromatic carbocycles. The van der Waals surface area contributed by atoms with Gasteiger partial charge in [0, 0.05) is 5.90 Å². The van der Waals surface area contributed by atoms with E-state index in [2.05, 4.69) is 10.2 Å². The largest absolute Gasteiger partial charge is 0.856 e. The molecule has 0 aliphatic carbocycles. The van der Waals surface area contributed by atoms with Gasteiger partial charge < -0.3 is 5.11 Å². The van der Waals surface area contributed by atoms with Crippen molar-refractivity contribution in [1.82, 2.24) is 9.90 Å². The van der Waals surface area contributed by atoms with Crippen LogP contribution in [0.4, 0.5) is 0 Å². The minimum absolute atomic E-state index is 0.00602. The van der Waals surface area contributed by atoms with Crippen molar-refractivity contribution < 1.29 is 9.79 Å². The Morgan fingerprint density at radius 1 is 1.17 bits per heavy atom. The lowest BCUT2D eigenvalue weighted by atomic mass is 10.2. The van der Waals surface area contributed by atoms with Crippen molar-refractivity contribution in [2.45, 2.75) is 13.5 Å². The molecule has 0 amide bonds. The maximum atomic E-state index is 12.6. The first kappa shape index (κ1) is 15.7. The predicted octanol–water partition coefficient (Wildman–Crippen LogP) is 0.606. The molecule has 0 unspecified atom stereocenters. The maximum absolute atomic E-state index is 12.6. The van der Waals surface area contributed by atoms with Crippen LogP contribution in [0.15, 0.2) is 64.4 Å². The molecule has 0 aliphatic rings. The number of hydrogen-bond donors (Lipinski definition) is 1. The van der Waals surface area contributed by atoms with E-state index in [0.717, 1.165) is 11.1 Å². The van der Waals surface area contributed by atoms with E-state index in [9.17, 15) is 9.90 Å². The zero-order chi connectivity index (χ0) is 17.1. The first-order valence-electron chi connectivity index (χ1n) is 7.60. The quantitative estimate of drug-likeness (QED) is 0.434. The summed E-state index contributed by atoms with van der Waals surface area (Å²) in [6, 6.07) is 16.9. The number of rotatable bonds is 4. The Kier molecular flexibility index (Phi) is 4.29. The number of aliphatic imine (C=N–C) groups is 1. The van der Waals surface area contributed by atoms with Gasteiger partial charge in [-0.15, -0.1) is 0 Å². The molecule has 0 spiro atoms. The monoisotopic (exact) mass is 322 g/mol. The molecule has 0 saturated heterocycles. The Balaban J connectivity index is 1.94. The summed E-state index contributed by atoms with van der Waals surface area (Å²) in [7, 11) is 1.62. The summed E-state index contributed by atoms with van der Waals surface area (Å²) in [6.45, 7) is 2.22. The molecule has 6 nitrogen and oxygen atoms in total. The van der Waals surface area contributed by atoms with Crippen molar-refractivity contribution in [3.63, 3.8) is 0 Å². The van der Waals surface area contributed by atoms with Crippen molar-refractivity contribution in [2.75, 3.05) is 0 Å². The van der Waals surface area contributed by atoms with Crippen molar-refractivity contribution in [2.24, 2.45) is 12.0 Å². The number of H-pyrrole nitrogens is 1. The van der Waals surface area contributed by atoms with Gasteiger partial charge in [0.25, 0.3) is 0 Å². The summed E-state index contributed by atoms with van der Waals surface area (Å²) in [6.07, 6.45) is 0. The topological polar surface area (TPSA) is 77.1 Å². The van der Waals surface area contributed by atoms with Gasteiger partial charge in [-0.2, -0.15) is 4.68 Å². The summed E-state index contributed by atoms with van der Waals surface area (Å²) < 4.78 is 2.74. The van der Waals surface area contributed by atoms with Crippen LogP contribution in [0.2, 0.25) is 0 Å². The van der Waals surface area contributed by atoms with Gasteiger partial charge in [-0.05, 0) is 24.6 Å². The number of benzene rings is 2. The van der Waals surface area contributed by atoms with Crippen LogP contribution in [-0.2, 0) is 13.6 Å². The van der Waals surface area contributed by atoms with Gasteiger partial charge in [-0.25, -0.2) is 4.79 Å². The van der Waals surface area contributed by atoms with Gasteiger partial charge in [-0.1, -0.05) is 57.9 Å². The molecule has 0 aliphatic heterocycles. The number of nitrogens with one attached hydrogen (secondary N) is 1. The number of aryl methyl sites for hydroxylation is 2. The third-order valence-electron chi connectivity index (χ3n) is 3.73. The molecule has 3 rings (SSSR count). The standard InChI is InChI=1S/C18H18N4O2/c1-13-8-10-15(11-9-13)22-18(24)16(21(2)20-22)17(23)19-12-14-6-4-3-5-7-14/h3-11H,12H2,1-2H3,(H-,19,20,23,24). The van der Waals surface area contributed by atoms with Crippen LogP contribution in [0.5, 0.6) is 0 Å². The highest BCUT2D eigenvalue weighted by Gasteiger charge is 2.20. The predicted molar refractivity (Wildman–Crippen MR) is 89.0 cm³/mol. The van der Waals surface area contributed by atoms with Gasteiger partial charge >= 0.3 is 5.56 Å². The molecule has 0 atom stereocenters. The third-order valence-corrected chi connectivity index (χ3v) is 3.73. The van der Waals surface area contributed by atoms with Gasteiger partial charge in [0.2, 0.25) is 5.69 Å². The van der Waals surface area contributed by atoms with E-state index in [4.69, 9.17) is 0 Å². The second-order valence-corrected chi connectivity index (χ2v) is 5.59. The second-order valence-electron chi connectivity index (χ2n) is 5.59. The minimum Gasteiger partial charge on any atom is -0.856 e. The molecule has 1 heterocycles. The van der Waals surface area contributed by atoms with E-state index in [0.29, 0.717) is 5.69 Å². The van der Waals surface area contributed by atoms with Crippen LogP contribution >= 0.6 is 0 Å². The normalized spacial score (nSPS) is 11.7. The molecule has 1 aromatic heterocycles. The lowest BCUT2D eigenvalue weighted by Gasteiger charge is -2.05. The highest BCUT2D eigenvalue weighted by Crippen LogP contribution is 2.05. The van der Waals surface area contributed by atoms with Crippen LogP contribution in [0, 0.1) is 6.92 Å². The highest BCUT2D eigenvalue weighted by atomic mass is 16.3. The second kappa shape index (κ2) is 6.54. The van der Waals surface area contributed by atoms with E-state index < -0.39 is 11.5 Å². The van der Waals surface area contributed by atoms with Crippen LogP contribution in [0.1, 0.15) is 16.8 Å². The smallest absolute Gasteiger partial charge is 0.406 e. The molecular formula is C18H18N4O2. The fourth-order valence-electron chi connectivity index (χ4n) is 2.42. The Morgan fingerprint density at radius 3 is 2.50 bits per heavy atom. The first-order valence-corrected chi connectivity index (χ1v) is 7.60. The van der Waals surface area contributed by atoms with E-state index >= 15 is 0 Å². The molecule has 1 N–H and O–H groups in total. The molecule has 0 bridgehead atoms. The Bertz CT molecular complexity index is 922. The van der Waals surface area contributed by atoms with Crippen LogP contribution in [0.25, 0.3) is 5.69 Å². The average Bonchev–Trinajstić information content (AvgIpc) is 2.89. The highest BCUT2D eigenvalue weighted by molar-refractivity contribution is 5.86. The maximum Gasteiger partial charge on any atom is 0.406 e. The van der Waals surface area contributed by atoms with Gasteiger partial charge in [0.15, 0.2) is 5.69 Å². The number of aromatic nitrogens is 3. The van der Waals surface area contributed by atoms with Crippen molar-refractivity contribution >= 4 is 5.90 Å². The van der Waals surface area contributed by atoms with Crippen LogP contribution in [0.3, 0.4) is 0 Å². The van der Waals surface area contributed by atoms with E-state index in [1.54, 1.807) is 7.05 Å². The number of nitrogens with zero attached hydrogens (tertiary/aromatic N) is 3. The number of hydrogen-bond acceptors (Lipinski definition) is 3. The molecule has 0 radical (unpaired) electrons. The third kappa shape index (κ3) is 3.12. The Hall–Kier alpha value is -3.15. The number of aromatic amines is 1. The molecule has 0 fully saturated rings. The van der Waals surface area contributed by atoms with E-state index in [1.807, 2.05) is 61.5 Å². The van der Waals surface area contributed by atoms with Crippen molar-refractivity contribution in [3.8, 4) is 5.69 Å². The van der Waals surface area contributed by atoms with Crippen molar-refractivity contribution in [1.29, 1.82) is 0 Å². The lowest BCUT2D eigenvalue weighted by molar-refractivity contribution is -0.734. The summed E-state index contributed by atoms with van der Waals surface area (Å²) in [5.41, 5.74) is 2.28.